The van der Waals surface area contributed by atoms with E-state index in [1.807, 2.05) is 42.6 Å². The minimum absolute atomic E-state index is 0.0565. The van der Waals surface area contributed by atoms with Crippen LogP contribution in [0.25, 0.3) is 10.9 Å². The van der Waals surface area contributed by atoms with Gasteiger partial charge in [0.05, 0.1) is 5.92 Å². The highest BCUT2D eigenvalue weighted by molar-refractivity contribution is 5.91. The van der Waals surface area contributed by atoms with E-state index in [2.05, 4.69) is 22.1 Å². The number of amides is 2. The molecular weight excluding hydrogens is 354 g/mol. The lowest BCUT2D eigenvalue weighted by Gasteiger charge is -2.23. The predicted octanol–water partition coefficient (Wildman–Crippen LogP) is 2.96. The van der Waals surface area contributed by atoms with E-state index >= 15 is 0 Å². The molecule has 4 rings (SSSR count). The van der Waals surface area contributed by atoms with E-state index in [4.69, 9.17) is 5.21 Å². The van der Waals surface area contributed by atoms with Gasteiger partial charge in [-0.2, -0.15) is 0 Å². The maximum absolute atomic E-state index is 12.3. The maximum atomic E-state index is 12.3. The first-order chi connectivity index (χ1) is 13.7. The highest BCUT2D eigenvalue weighted by Crippen LogP contribution is 2.30. The Balaban J connectivity index is 1.34. The maximum Gasteiger partial charge on any atom is 0.260 e. The van der Waals surface area contributed by atoms with Gasteiger partial charge in [0.2, 0.25) is 5.91 Å². The summed E-state index contributed by atoms with van der Waals surface area (Å²) >= 11 is 0. The molecule has 1 aliphatic rings. The molecule has 0 fully saturated rings. The van der Waals surface area contributed by atoms with E-state index in [0.29, 0.717) is 18.5 Å². The summed E-state index contributed by atoms with van der Waals surface area (Å²) in [4.78, 5) is 27.0. The summed E-state index contributed by atoms with van der Waals surface area (Å²) in [5.41, 5.74) is 5.41. The van der Waals surface area contributed by atoms with E-state index < -0.39 is 11.8 Å². The number of aryl methyl sites for hydroxylation is 1. The number of para-hydroxylation sites is 1. The van der Waals surface area contributed by atoms with Crippen LogP contribution in [0.5, 0.6) is 0 Å². The van der Waals surface area contributed by atoms with E-state index in [0.717, 1.165) is 22.0 Å². The fourth-order valence-corrected chi connectivity index (χ4v) is 3.40. The number of rotatable bonds is 6. The zero-order valence-electron chi connectivity index (χ0n) is 15.0. The third kappa shape index (κ3) is 3.48. The number of hydrogen-bond donors (Lipinski definition) is 4. The minimum atomic E-state index is -0.540. The van der Waals surface area contributed by atoms with Crippen molar-refractivity contribution in [3.8, 4) is 11.8 Å². The summed E-state index contributed by atoms with van der Waals surface area (Å²) in [7, 11) is 0. The van der Waals surface area contributed by atoms with Crippen LogP contribution in [0.1, 0.15) is 23.5 Å². The van der Waals surface area contributed by atoms with Gasteiger partial charge in [0.25, 0.3) is 5.91 Å². The summed E-state index contributed by atoms with van der Waals surface area (Å²) < 4.78 is 0. The first-order valence-corrected chi connectivity index (χ1v) is 9.05. The zero-order valence-corrected chi connectivity index (χ0v) is 15.0. The Kier molecular flexibility index (Phi) is 4.83. The lowest BCUT2D eigenvalue weighted by atomic mass is 9.80. The van der Waals surface area contributed by atoms with E-state index in [1.54, 1.807) is 17.6 Å². The van der Waals surface area contributed by atoms with Crippen LogP contribution in [0.4, 0.5) is 5.69 Å². The normalized spacial score (nSPS) is 17.3. The van der Waals surface area contributed by atoms with Crippen LogP contribution < -0.4 is 10.8 Å². The third-order valence-corrected chi connectivity index (χ3v) is 4.97. The monoisotopic (exact) mass is 373 g/mol. The number of carbonyl (C=O) groups excluding carboxylic acids is 2. The van der Waals surface area contributed by atoms with Gasteiger partial charge >= 0.3 is 0 Å². The molecule has 28 heavy (non-hydrogen) atoms. The average molecular weight is 373 g/mol. The summed E-state index contributed by atoms with van der Waals surface area (Å²) in [6.45, 7) is 0. The summed E-state index contributed by atoms with van der Waals surface area (Å²) in [5.74, 6) is 4.33. The molecule has 140 valence electrons. The Hall–Kier alpha value is -3.56. The molecule has 6 heteroatoms. The standard InChI is InChI=1S/C22H19N3O3/c26-21(12-7-15-13-23-20-4-2-1-3-18(15)20)24-16-8-5-14(6-9-16)17-10-11-19(17)22(27)25-28/h1-6,8-9,13,17,19,23,28H,7,12H2,(H,24,26)(H,25,27). The number of benzene rings is 2. The number of anilines is 1. The van der Waals surface area contributed by atoms with Gasteiger partial charge in [0.15, 0.2) is 0 Å². The molecule has 1 aromatic heterocycles. The molecule has 1 aliphatic carbocycles. The van der Waals surface area contributed by atoms with Gasteiger partial charge < -0.3 is 10.3 Å². The summed E-state index contributed by atoms with van der Waals surface area (Å²) in [6, 6.07) is 15.3. The Bertz CT molecular complexity index is 1090. The van der Waals surface area contributed by atoms with E-state index in [-0.39, 0.29) is 11.8 Å². The number of H-pyrrole nitrogens is 1. The molecule has 2 amide bonds. The van der Waals surface area contributed by atoms with E-state index in [9.17, 15) is 9.59 Å². The van der Waals surface area contributed by atoms with Gasteiger partial charge in [0, 0.05) is 29.2 Å². The molecule has 1 heterocycles. The first kappa shape index (κ1) is 17.8. The predicted molar refractivity (Wildman–Crippen MR) is 106 cm³/mol. The number of hydrogen-bond acceptors (Lipinski definition) is 3. The summed E-state index contributed by atoms with van der Waals surface area (Å²) in [6.07, 6.45) is 2.99. The molecule has 6 nitrogen and oxygen atoms in total. The molecule has 0 radical (unpaired) electrons. The Morgan fingerprint density at radius 2 is 1.86 bits per heavy atom. The topological polar surface area (TPSA) is 94.2 Å². The minimum Gasteiger partial charge on any atom is -0.361 e. The van der Waals surface area contributed by atoms with Crippen LogP contribution in [-0.2, 0) is 16.0 Å². The number of carbonyl (C=O) groups is 2. The molecule has 0 aliphatic heterocycles. The molecule has 0 bridgehead atoms. The van der Waals surface area contributed by atoms with Crippen molar-refractivity contribution in [1.29, 1.82) is 0 Å². The molecule has 0 spiro atoms. The smallest absolute Gasteiger partial charge is 0.260 e. The van der Waals surface area contributed by atoms with Crippen LogP contribution in [0, 0.1) is 17.8 Å². The number of hydroxylamine groups is 1. The third-order valence-electron chi connectivity index (χ3n) is 4.97. The van der Waals surface area contributed by atoms with Crippen LogP contribution in [0.3, 0.4) is 0 Å². The number of aromatic amines is 1. The largest absolute Gasteiger partial charge is 0.361 e. The van der Waals surface area contributed by atoms with Crippen molar-refractivity contribution < 1.29 is 14.8 Å². The first-order valence-electron chi connectivity index (χ1n) is 9.05. The van der Waals surface area contributed by atoms with Gasteiger partial charge in [0.1, 0.15) is 5.92 Å². The Morgan fingerprint density at radius 1 is 1.07 bits per heavy atom. The van der Waals surface area contributed by atoms with Crippen molar-refractivity contribution in [3.05, 3.63) is 65.9 Å². The van der Waals surface area contributed by atoms with Gasteiger partial charge in [-0.3, -0.25) is 14.8 Å². The van der Waals surface area contributed by atoms with Crippen LogP contribution in [-0.4, -0.2) is 22.0 Å². The highest BCUT2D eigenvalue weighted by Gasteiger charge is 2.31. The number of aromatic nitrogens is 1. The van der Waals surface area contributed by atoms with Gasteiger partial charge in [-0.1, -0.05) is 42.2 Å². The van der Waals surface area contributed by atoms with Gasteiger partial charge in [-0.15, -0.1) is 0 Å². The van der Waals surface area contributed by atoms with Crippen molar-refractivity contribution in [2.75, 3.05) is 5.32 Å². The fraction of sp³-hybridized carbons (Fsp3) is 0.182. The second-order valence-electron chi connectivity index (χ2n) is 6.75. The molecular formula is C22H19N3O3. The van der Waals surface area contributed by atoms with Crippen molar-refractivity contribution in [1.82, 2.24) is 10.5 Å². The Morgan fingerprint density at radius 3 is 2.57 bits per heavy atom. The van der Waals surface area contributed by atoms with Crippen LogP contribution in [0.15, 0.2) is 54.7 Å². The van der Waals surface area contributed by atoms with Crippen molar-refractivity contribution in [3.63, 3.8) is 0 Å². The zero-order chi connectivity index (χ0) is 19.5. The highest BCUT2D eigenvalue weighted by atomic mass is 16.5. The Labute approximate surface area is 161 Å². The molecule has 4 N–H and O–H groups in total. The fourth-order valence-electron chi connectivity index (χ4n) is 3.40. The summed E-state index contributed by atoms with van der Waals surface area (Å²) in [5, 5.41) is 12.8. The van der Waals surface area contributed by atoms with Crippen molar-refractivity contribution >= 4 is 28.4 Å². The molecule has 2 aromatic carbocycles. The van der Waals surface area contributed by atoms with Gasteiger partial charge in [-0.05, 0) is 35.7 Å². The number of nitrogens with one attached hydrogen (secondary N) is 3. The van der Waals surface area contributed by atoms with Crippen LogP contribution in [0.2, 0.25) is 0 Å². The van der Waals surface area contributed by atoms with Crippen molar-refractivity contribution in [2.24, 2.45) is 5.92 Å². The molecule has 2 atom stereocenters. The second-order valence-corrected chi connectivity index (χ2v) is 6.75. The van der Waals surface area contributed by atoms with Crippen LogP contribution >= 0.6 is 0 Å². The lowest BCUT2D eigenvalue weighted by molar-refractivity contribution is -0.132. The molecule has 3 aromatic rings. The average Bonchev–Trinajstić information content (AvgIpc) is 3.10. The van der Waals surface area contributed by atoms with E-state index in [1.165, 1.54) is 0 Å². The second kappa shape index (κ2) is 7.59. The SMILES string of the molecule is O=C(CCc1c[nH]c2ccccc12)Nc1ccc(C2C#CC2C(=O)NO)cc1. The van der Waals surface area contributed by atoms with Gasteiger partial charge in [-0.25, -0.2) is 5.48 Å². The molecule has 0 saturated heterocycles. The van der Waals surface area contributed by atoms with Crippen molar-refractivity contribution in [2.45, 2.75) is 18.8 Å². The number of fused-ring (bicyclic) bond motifs is 1. The quantitative estimate of drug-likeness (QED) is 0.304. The molecule has 0 saturated carbocycles. The lowest BCUT2D eigenvalue weighted by Crippen LogP contribution is -2.34. The molecule has 2 unspecified atom stereocenters.